The highest BCUT2D eigenvalue weighted by Gasteiger charge is 2.36. The fraction of sp³-hybridized carbons (Fsp3) is 0.400. The van der Waals surface area contributed by atoms with Crippen LogP contribution in [0.15, 0.2) is 30.5 Å². The van der Waals surface area contributed by atoms with Crippen molar-refractivity contribution in [2.24, 2.45) is 11.7 Å². The number of primary amides is 1. The summed E-state index contributed by atoms with van der Waals surface area (Å²) < 4.78 is 25.0. The Morgan fingerprint density at radius 3 is 2.68 bits per heavy atom. The van der Waals surface area contributed by atoms with Crippen LogP contribution in [-0.2, 0) is 9.47 Å². The average molecular weight is 428 g/mol. The molecule has 0 spiro atoms. The topological polar surface area (TPSA) is 136 Å². The van der Waals surface area contributed by atoms with Crippen LogP contribution in [0.25, 0.3) is 0 Å². The molecule has 2 saturated heterocycles. The lowest BCUT2D eigenvalue weighted by Gasteiger charge is -2.36. The monoisotopic (exact) mass is 428 g/mol. The molecule has 2 aromatic rings. The van der Waals surface area contributed by atoms with Gasteiger partial charge in [0.05, 0.1) is 31.2 Å². The van der Waals surface area contributed by atoms with Crippen molar-refractivity contribution in [1.29, 1.82) is 5.26 Å². The van der Waals surface area contributed by atoms with Crippen LogP contribution in [0.5, 0.6) is 0 Å². The molecule has 2 atom stereocenters. The number of amides is 2. The number of anilines is 2. The second-order valence-corrected chi connectivity index (χ2v) is 7.45. The Morgan fingerprint density at radius 2 is 2.06 bits per heavy atom. The number of rotatable bonds is 5. The second kappa shape index (κ2) is 8.61. The molecule has 4 rings (SSSR count). The van der Waals surface area contributed by atoms with Gasteiger partial charge in [-0.1, -0.05) is 0 Å². The van der Waals surface area contributed by atoms with E-state index in [0.29, 0.717) is 31.9 Å². The van der Waals surface area contributed by atoms with Gasteiger partial charge in [-0.3, -0.25) is 9.48 Å². The summed E-state index contributed by atoms with van der Waals surface area (Å²) >= 11 is 0. The average Bonchev–Trinajstić information content (AvgIpc) is 3.15. The Hall–Kier alpha value is -3.65. The molecule has 10 nitrogen and oxygen atoms in total. The SMILES string of the molecule is N#C[C@@H]1CCN(C(=O)OC2COC2)C[C@H]1n1cc(C(N)=O)c(Nc2ccc(F)cc2)n1. The molecule has 0 aliphatic carbocycles. The normalized spacial score (nSPS) is 21.1. The molecule has 0 saturated carbocycles. The summed E-state index contributed by atoms with van der Waals surface area (Å²) in [6.45, 7) is 1.33. The summed E-state index contributed by atoms with van der Waals surface area (Å²) in [5.41, 5.74) is 6.13. The molecule has 162 valence electrons. The minimum Gasteiger partial charge on any atom is -0.441 e. The van der Waals surface area contributed by atoms with Crippen molar-refractivity contribution >= 4 is 23.5 Å². The van der Waals surface area contributed by atoms with Gasteiger partial charge in [0.1, 0.15) is 11.4 Å². The third kappa shape index (κ3) is 4.44. The van der Waals surface area contributed by atoms with Gasteiger partial charge in [-0.15, -0.1) is 0 Å². The zero-order valence-corrected chi connectivity index (χ0v) is 16.5. The maximum absolute atomic E-state index is 13.2. The third-order valence-corrected chi connectivity index (χ3v) is 5.33. The number of piperidine rings is 1. The number of hydrogen-bond donors (Lipinski definition) is 2. The van der Waals surface area contributed by atoms with Crippen molar-refractivity contribution < 1.29 is 23.5 Å². The highest BCUT2D eigenvalue weighted by molar-refractivity contribution is 5.98. The molecule has 1 aromatic heterocycles. The van der Waals surface area contributed by atoms with Crippen molar-refractivity contribution in [3.05, 3.63) is 41.8 Å². The van der Waals surface area contributed by atoms with Crippen molar-refractivity contribution in [3.8, 4) is 6.07 Å². The Kier molecular flexibility index (Phi) is 5.73. The van der Waals surface area contributed by atoms with Crippen LogP contribution in [0.2, 0.25) is 0 Å². The van der Waals surface area contributed by atoms with Gasteiger partial charge in [-0.25, -0.2) is 9.18 Å². The van der Waals surface area contributed by atoms with Crippen molar-refractivity contribution in [3.63, 3.8) is 0 Å². The first kappa shape index (κ1) is 20.6. The van der Waals surface area contributed by atoms with E-state index in [0.717, 1.165) is 0 Å². The number of nitrogens with two attached hydrogens (primary N) is 1. The highest BCUT2D eigenvalue weighted by Crippen LogP contribution is 2.30. The minimum atomic E-state index is -0.707. The summed E-state index contributed by atoms with van der Waals surface area (Å²) in [6, 6.07) is 7.30. The van der Waals surface area contributed by atoms with Crippen LogP contribution >= 0.6 is 0 Å². The van der Waals surface area contributed by atoms with Gasteiger partial charge in [0.25, 0.3) is 5.91 Å². The Morgan fingerprint density at radius 1 is 1.32 bits per heavy atom. The van der Waals surface area contributed by atoms with Gasteiger partial charge in [0.2, 0.25) is 0 Å². The minimum absolute atomic E-state index is 0.118. The summed E-state index contributed by atoms with van der Waals surface area (Å²) in [7, 11) is 0. The predicted molar refractivity (Wildman–Crippen MR) is 106 cm³/mol. The largest absolute Gasteiger partial charge is 0.441 e. The standard InChI is InChI=1S/C20H21FN6O4/c21-13-1-3-14(4-2-13)24-19-16(18(23)28)8-27(25-19)17-9-26(6-5-12(17)7-22)20(29)31-15-10-30-11-15/h1-4,8,12,15,17H,5-6,9-11H2,(H2,23,28)(H,24,25)/t12-,17+/m0/s1. The molecule has 1 aromatic carbocycles. The van der Waals surface area contributed by atoms with E-state index in [-0.39, 0.29) is 24.0 Å². The number of hydrogen-bond acceptors (Lipinski definition) is 7. The molecular formula is C20H21FN6O4. The summed E-state index contributed by atoms with van der Waals surface area (Å²) in [5, 5.41) is 17.0. The van der Waals surface area contributed by atoms with E-state index < -0.39 is 29.8 Å². The van der Waals surface area contributed by atoms with Crippen molar-refractivity contribution in [2.75, 3.05) is 31.6 Å². The molecule has 3 heterocycles. The molecular weight excluding hydrogens is 407 g/mol. The number of nitriles is 1. The first-order chi connectivity index (χ1) is 14.9. The lowest BCUT2D eigenvalue weighted by molar-refractivity contribution is -0.106. The molecule has 0 radical (unpaired) electrons. The van der Waals surface area contributed by atoms with E-state index in [1.165, 1.54) is 40.0 Å². The quantitative estimate of drug-likeness (QED) is 0.741. The first-order valence-electron chi connectivity index (χ1n) is 9.79. The molecule has 2 aliphatic heterocycles. The van der Waals surface area contributed by atoms with E-state index in [1.54, 1.807) is 0 Å². The number of nitrogens with one attached hydrogen (secondary N) is 1. The predicted octanol–water partition coefficient (Wildman–Crippen LogP) is 1.79. The smallest absolute Gasteiger partial charge is 0.410 e. The summed E-state index contributed by atoms with van der Waals surface area (Å²) in [5.74, 6) is -1.34. The first-order valence-corrected chi connectivity index (χ1v) is 9.79. The number of halogens is 1. The number of aromatic nitrogens is 2. The van der Waals surface area contributed by atoms with E-state index in [9.17, 15) is 19.2 Å². The Labute approximate surface area is 177 Å². The van der Waals surface area contributed by atoms with E-state index in [4.69, 9.17) is 15.2 Å². The molecule has 0 bridgehead atoms. The van der Waals surface area contributed by atoms with Crippen LogP contribution in [0.4, 0.5) is 20.7 Å². The molecule has 11 heteroatoms. The lowest BCUT2D eigenvalue weighted by Crippen LogP contribution is -2.48. The van der Waals surface area contributed by atoms with Crippen molar-refractivity contribution in [2.45, 2.75) is 18.6 Å². The van der Waals surface area contributed by atoms with Gasteiger partial charge in [0.15, 0.2) is 11.9 Å². The Balaban J connectivity index is 1.56. The van der Waals surface area contributed by atoms with Crippen molar-refractivity contribution in [1.82, 2.24) is 14.7 Å². The second-order valence-electron chi connectivity index (χ2n) is 7.45. The van der Waals surface area contributed by atoms with Gasteiger partial charge >= 0.3 is 6.09 Å². The molecule has 3 N–H and O–H groups in total. The zero-order chi connectivity index (χ0) is 22.0. The van der Waals surface area contributed by atoms with Crippen LogP contribution < -0.4 is 11.1 Å². The number of benzene rings is 1. The lowest BCUT2D eigenvalue weighted by atomic mass is 9.93. The summed E-state index contributed by atoms with van der Waals surface area (Å²) in [4.78, 5) is 25.9. The number of ether oxygens (including phenoxy) is 2. The van der Waals surface area contributed by atoms with Gasteiger partial charge < -0.3 is 25.4 Å². The molecule has 2 fully saturated rings. The zero-order valence-electron chi connectivity index (χ0n) is 16.5. The molecule has 2 amide bonds. The number of carbonyl (C=O) groups excluding carboxylic acids is 2. The summed E-state index contributed by atoms with van der Waals surface area (Å²) in [6.07, 6.45) is 1.17. The molecule has 0 unspecified atom stereocenters. The third-order valence-electron chi connectivity index (χ3n) is 5.33. The van der Waals surface area contributed by atoms with Crippen LogP contribution in [0.1, 0.15) is 22.8 Å². The van der Waals surface area contributed by atoms with E-state index in [1.807, 2.05) is 0 Å². The van der Waals surface area contributed by atoms with E-state index >= 15 is 0 Å². The molecule has 31 heavy (non-hydrogen) atoms. The van der Waals surface area contributed by atoms with Gasteiger partial charge in [-0.2, -0.15) is 10.4 Å². The van der Waals surface area contributed by atoms with E-state index in [2.05, 4.69) is 16.5 Å². The number of nitrogens with zero attached hydrogens (tertiary/aromatic N) is 4. The molecule has 2 aliphatic rings. The number of carbonyl (C=O) groups is 2. The Bertz CT molecular complexity index is 1010. The maximum atomic E-state index is 13.2. The maximum Gasteiger partial charge on any atom is 0.410 e. The van der Waals surface area contributed by atoms with Gasteiger partial charge in [-0.05, 0) is 30.7 Å². The highest BCUT2D eigenvalue weighted by atomic mass is 19.1. The fourth-order valence-corrected chi connectivity index (χ4v) is 3.52. The van der Waals surface area contributed by atoms with Crippen LogP contribution in [-0.4, -0.2) is 59.1 Å². The fourth-order valence-electron chi connectivity index (χ4n) is 3.52. The van der Waals surface area contributed by atoms with Crippen LogP contribution in [0.3, 0.4) is 0 Å². The van der Waals surface area contributed by atoms with Gasteiger partial charge in [0, 0.05) is 25.0 Å². The van der Waals surface area contributed by atoms with Crippen LogP contribution in [0, 0.1) is 23.1 Å². The number of likely N-dealkylation sites (tertiary alicyclic amines) is 1.